The molecule has 1 aromatic carbocycles. The van der Waals surface area contributed by atoms with Crippen molar-refractivity contribution in [3.8, 4) is 0 Å². The number of nitrogens with one attached hydrogen (secondary N) is 1. The largest absolute Gasteiger partial charge is 0.456 e. The highest BCUT2D eigenvalue weighted by Gasteiger charge is 2.41. The van der Waals surface area contributed by atoms with Crippen LogP contribution >= 0.6 is 0 Å². The molecule has 0 saturated heterocycles. The summed E-state index contributed by atoms with van der Waals surface area (Å²) in [7, 11) is 0. The minimum absolute atomic E-state index is 0.147. The molecule has 8 nitrogen and oxygen atoms in total. The Morgan fingerprint density at radius 2 is 1.76 bits per heavy atom. The van der Waals surface area contributed by atoms with Crippen LogP contribution in [0.3, 0.4) is 0 Å². The van der Waals surface area contributed by atoms with E-state index in [0.29, 0.717) is 0 Å². The lowest BCUT2D eigenvalue weighted by Crippen LogP contribution is -2.55. The van der Waals surface area contributed by atoms with E-state index in [1.165, 1.54) is 19.9 Å². The quantitative estimate of drug-likeness (QED) is 0.724. The Hall–Kier alpha value is -2.87. The molecule has 0 spiro atoms. The van der Waals surface area contributed by atoms with Gasteiger partial charge in [0.05, 0.1) is 6.61 Å². The molecule has 0 aliphatic carbocycles. The van der Waals surface area contributed by atoms with E-state index in [1.807, 2.05) is 30.3 Å². The predicted molar refractivity (Wildman–Crippen MR) is 103 cm³/mol. The number of amides is 1. The smallest absolute Gasteiger partial charge is 0.374 e. The van der Waals surface area contributed by atoms with Crippen LogP contribution in [0.4, 0.5) is 0 Å². The lowest BCUT2D eigenvalue weighted by atomic mass is 10.1. The first-order valence-corrected chi connectivity index (χ1v) is 9.27. The molecule has 3 atom stereocenters. The molecule has 0 saturated carbocycles. The molecule has 0 aromatic heterocycles. The van der Waals surface area contributed by atoms with Gasteiger partial charge in [-0.1, -0.05) is 30.3 Å². The number of benzene rings is 1. The summed E-state index contributed by atoms with van der Waals surface area (Å²) in [6.07, 6.45) is -0.720. The first-order valence-electron chi connectivity index (χ1n) is 9.27. The van der Waals surface area contributed by atoms with E-state index in [-0.39, 0.29) is 18.3 Å². The molecule has 0 fully saturated rings. The van der Waals surface area contributed by atoms with Crippen molar-refractivity contribution in [3.63, 3.8) is 0 Å². The summed E-state index contributed by atoms with van der Waals surface area (Å²) in [5, 5.41) is 2.67. The van der Waals surface area contributed by atoms with Crippen molar-refractivity contribution in [1.29, 1.82) is 0 Å². The highest BCUT2D eigenvalue weighted by Crippen LogP contribution is 2.25. The molecule has 1 amide bonds. The molecule has 1 aliphatic heterocycles. The van der Waals surface area contributed by atoms with Crippen molar-refractivity contribution in [2.45, 2.75) is 65.3 Å². The van der Waals surface area contributed by atoms with E-state index in [2.05, 4.69) is 5.32 Å². The predicted octanol–water partition coefficient (Wildman–Crippen LogP) is 2.22. The van der Waals surface area contributed by atoms with Crippen LogP contribution in [-0.4, -0.2) is 41.9 Å². The van der Waals surface area contributed by atoms with Gasteiger partial charge in [0.15, 0.2) is 6.10 Å². The topological polar surface area (TPSA) is 100 Å². The molecule has 1 heterocycles. The second kappa shape index (κ2) is 9.56. The molecule has 0 radical (unpaired) electrons. The van der Waals surface area contributed by atoms with Gasteiger partial charge in [-0.05, 0) is 26.3 Å². The van der Waals surface area contributed by atoms with Crippen molar-refractivity contribution >= 4 is 17.8 Å². The molecule has 29 heavy (non-hydrogen) atoms. The first-order chi connectivity index (χ1) is 13.5. The summed E-state index contributed by atoms with van der Waals surface area (Å²) in [4.78, 5) is 35.8. The summed E-state index contributed by atoms with van der Waals surface area (Å²) in [5.41, 5.74) is 0.127. The SMILES string of the molecule is CC(=O)N[C@H]1[C@@H](OCc2ccccc2)OC(C(=O)OC(C)(C)C)=C[C@@H]1OC(C)=O. The maximum Gasteiger partial charge on any atom is 0.374 e. The van der Waals surface area contributed by atoms with E-state index >= 15 is 0 Å². The maximum atomic E-state index is 12.5. The van der Waals surface area contributed by atoms with Gasteiger partial charge in [0, 0.05) is 19.9 Å². The van der Waals surface area contributed by atoms with Crippen LogP contribution in [0.15, 0.2) is 42.2 Å². The molecule has 0 unspecified atom stereocenters. The van der Waals surface area contributed by atoms with Gasteiger partial charge in [-0.25, -0.2) is 4.79 Å². The molecular weight excluding hydrogens is 378 g/mol. The van der Waals surface area contributed by atoms with Crippen LogP contribution in [0.1, 0.15) is 40.2 Å². The molecule has 8 heteroatoms. The maximum absolute atomic E-state index is 12.5. The fraction of sp³-hybridized carbons (Fsp3) is 0.476. The van der Waals surface area contributed by atoms with Gasteiger partial charge >= 0.3 is 11.9 Å². The van der Waals surface area contributed by atoms with Gasteiger partial charge < -0.3 is 24.3 Å². The molecule has 1 N–H and O–H groups in total. The summed E-state index contributed by atoms with van der Waals surface area (Å²) in [6.45, 7) is 7.90. The number of hydrogen-bond donors (Lipinski definition) is 1. The average molecular weight is 405 g/mol. The van der Waals surface area contributed by atoms with E-state index < -0.39 is 36.0 Å². The van der Waals surface area contributed by atoms with Crippen molar-refractivity contribution in [3.05, 3.63) is 47.7 Å². The standard InChI is InChI=1S/C21H27NO7/c1-13(23)22-18-16(27-14(2)24)11-17(19(25)29-21(3,4)5)28-20(18)26-12-15-9-7-6-8-10-15/h6-11,16,18,20H,12H2,1-5H3,(H,22,23)/t16-,18+,20-/m0/s1. The zero-order valence-electron chi connectivity index (χ0n) is 17.3. The number of rotatable bonds is 6. The molecule has 0 bridgehead atoms. The third-order valence-electron chi connectivity index (χ3n) is 3.74. The number of carbonyl (C=O) groups excluding carboxylic acids is 3. The summed E-state index contributed by atoms with van der Waals surface area (Å²) >= 11 is 0. The van der Waals surface area contributed by atoms with Crippen LogP contribution in [0.25, 0.3) is 0 Å². The van der Waals surface area contributed by atoms with Crippen LogP contribution in [0.5, 0.6) is 0 Å². The lowest BCUT2D eigenvalue weighted by molar-refractivity contribution is -0.191. The Balaban J connectivity index is 2.28. The highest BCUT2D eigenvalue weighted by atomic mass is 16.7. The van der Waals surface area contributed by atoms with Crippen molar-refractivity contribution in [2.24, 2.45) is 0 Å². The minimum atomic E-state index is -1.07. The van der Waals surface area contributed by atoms with E-state index in [0.717, 1.165) is 5.56 Å². The summed E-state index contributed by atoms with van der Waals surface area (Å²) in [6, 6.07) is 8.49. The number of carbonyl (C=O) groups is 3. The first kappa shape index (κ1) is 22.4. The zero-order valence-corrected chi connectivity index (χ0v) is 17.3. The fourth-order valence-electron chi connectivity index (χ4n) is 2.66. The normalized spacial score (nSPS) is 21.4. The third-order valence-corrected chi connectivity index (χ3v) is 3.74. The second-order valence-electron chi connectivity index (χ2n) is 7.62. The number of hydrogen-bond acceptors (Lipinski definition) is 7. The Morgan fingerprint density at radius 1 is 1.10 bits per heavy atom. The third kappa shape index (κ3) is 7.23. The molecule has 1 aromatic rings. The zero-order chi connectivity index (χ0) is 21.6. The molecule has 1 aliphatic rings. The Bertz CT molecular complexity index is 767. The Kier molecular flexibility index (Phi) is 7.39. The van der Waals surface area contributed by atoms with Crippen LogP contribution in [0.2, 0.25) is 0 Å². The van der Waals surface area contributed by atoms with Gasteiger partial charge in [0.25, 0.3) is 0 Å². The van der Waals surface area contributed by atoms with Crippen LogP contribution in [-0.2, 0) is 39.9 Å². The molecule has 2 rings (SSSR count). The fourth-order valence-corrected chi connectivity index (χ4v) is 2.66. The monoisotopic (exact) mass is 405 g/mol. The average Bonchev–Trinajstić information content (AvgIpc) is 2.60. The van der Waals surface area contributed by atoms with E-state index in [9.17, 15) is 14.4 Å². The Labute approximate surface area is 170 Å². The summed E-state index contributed by atoms with van der Waals surface area (Å²) < 4.78 is 22.2. The number of ether oxygens (including phenoxy) is 4. The van der Waals surface area contributed by atoms with Crippen LogP contribution < -0.4 is 5.32 Å². The van der Waals surface area contributed by atoms with E-state index in [1.54, 1.807) is 20.8 Å². The second-order valence-corrected chi connectivity index (χ2v) is 7.62. The molecule has 158 valence electrons. The number of esters is 2. The molecular formula is C21H27NO7. The highest BCUT2D eigenvalue weighted by molar-refractivity contribution is 5.87. The van der Waals surface area contributed by atoms with Crippen molar-refractivity contribution < 1.29 is 33.3 Å². The van der Waals surface area contributed by atoms with Crippen molar-refractivity contribution in [2.75, 3.05) is 0 Å². The van der Waals surface area contributed by atoms with Crippen LogP contribution in [0, 0.1) is 0 Å². The minimum Gasteiger partial charge on any atom is -0.456 e. The van der Waals surface area contributed by atoms with E-state index in [4.69, 9.17) is 18.9 Å². The van der Waals surface area contributed by atoms with Gasteiger partial charge in [-0.3, -0.25) is 9.59 Å². The Morgan fingerprint density at radius 3 is 2.31 bits per heavy atom. The van der Waals surface area contributed by atoms with Gasteiger partial charge in [0.1, 0.15) is 11.6 Å². The van der Waals surface area contributed by atoms with Gasteiger partial charge in [-0.15, -0.1) is 0 Å². The van der Waals surface area contributed by atoms with Gasteiger partial charge in [-0.2, -0.15) is 0 Å². The summed E-state index contributed by atoms with van der Waals surface area (Å²) in [5.74, 6) is -1.80. The van der Waals surface area contributed by atoms with Gasteiger partial charge in [0.2, 0.25) is 18.0 Å². The van der Waals surface area contributed by atoms with Crippen molar-refractivity contribution in [1.82, 2.24) is 5.32 Å². The lowest BCUT2D eigenvalue weighted by Gasteiger charge is -2.36.